The molecule has 0 aromatic heterocycles. The van der Waals surface area contributed by atoms with Gasteiger partial charge in [0.25, 0.3) is 5.69 Å². The topological polar surface area (TPSA) is 110 Å². The summed E-state index contributed by atoms with van der Waals surface area (Å²) < 4.78 is 0. The highest BCUT2D eigenvalue weighted by molar-refractivity contribution is 6.37. The molecule has 7 rings (SSSR count). The molecule has 1 amide bonds. The second-order valence-corrected chi connectivity index (χ2v) is 12.0. The number of allylic oxidation sites excluding steroid dienone is 1. The number of anilines is 2. The van der Waals surface area contributed by atoms with E-state index in [1.165, 1.54) is 36.4 Å². The average Bonchev–Trinajstić information content (AvgIpc) is 3.49. The van der Waals surface area contributed by atoms with Crippen LogP contribution in [0.5, 0.6) is 0 Å². The first-order valence-electron chi connectivity index (χ1n) is 13.9. The van der Waals surface area contributed by atoms with Crippen LogP contribution in [0.25, 0.3) is 5.57 Å². The van der Waals surface area contributed by atoms with Crippen LogP contribution in [0.4, 0.5) is 17.1 Å². The van der Waals surface area contributed by atoms with E-state index in [0.717, 1.165) is 11.1 Å². The van der Waals surface area contributed by atoms with Crippen molar-refractivity contribution in [1.29, 1.82) is 0 Å². The summed E-state index contributed by atoms with van der Waals surface area (Å²) in [7, 11) is 0. The number of non-ortho nitro benzene ring substituents is 1. The van der Waals surface area contributed by atoms with Crippen molar-refractivity contribution in [1.82, 2.24) is 0 Å². The first-order chi connectivity index (χ1) is 21.1. The van der Waals surface area contributed by atoms with E-state index in [0.29, 0.717) is 22.0 Å². The minimum atomic E-state index is -1.52. The Morgan fingerprint density at radius 3 is 2.36 bits per heavy atom. The van der Waals surface area contributed by atoms with Crippen molar-refractivity contribution >= 4 is 63.3 Å². The van der Waals surface area contributed by atoms with E-state index in [-0.39, 0.29) is 21.8 Å². The van der Waals surface area contributed by atoms with Gasteiger partial charge in [0.2, 0.25) is 5.91 Å². The number of fused-ring (bicyclic) bond motifs is 6. The van der Waals surface area contributed by atoms with Crippen LogP contribution in [-0.2, 0) is 10.2 Å². The first-order valence-corrected chi connectivity index (χ1v) is 14.6. The Morgan fingerprint density at radius 1 is 0.932 bits per heavy atom. The molecule has 4 aromatic rings. The number of carbonyl (C=O) groups excluding carboxylic acids is 3. The molecule has 3 aliphatic heterocycles. The quantitative estimate of drug-likeness (QED) is 0.144. The van der Waals surface area contributed by atoms with Crippen LogP contribution in [0.15, 0.2) is 97.1 Å². The molecule has 1 N–H and O–H groups in total. The third-order valence-corrected chi connectivity index (χ3v) is 9.54. The number of nitrogens with one attached hydrogen (secondary N) is 1. The number of hydrogen-bond acceptors (Lipinski definition) is 6. The maximum Gasteiger partial charge on any atom is 0.269 e. The van der Waals surface area contributed by atoms with Crippen LogP contribution in [-0.4, -0.2) is 34.5 Å². The van der Waals surface area contributed by atoms with Gasteiger partial charge in [-0.05, 0) is 60.5 Å². The van der Waals surface area contributed by atoms with Crippen molar-refractivity contribution in [3.05, 3.63) is 139 Å². The highest BCUT2D eigenvalue weighted by Crippen LogP contribution is 2.59. The van der Waals surface area contributed by atoms with Gasteiger partial charge in [0.15, 0.2) is 11.6 Å². The normalized spacial score (nSPS) is 23.0. The Balaban J connectivity index is 1.54. The number of benzene rings is 4. The van der Waals surface area contributed by atoms with Gasteiger partial charge in [-0.3, -0.25) is 24.5 Å². The highest BCUT2D eigenvalue weighted by atomic mass is 35.5. The fourth-order valence-corrected chi connectivity index (χ4v) is 7.66. The van der Waals surface area contributed by atoms with Crippen LogP contribution in [0.3, 0.4) is 0 Å². The maximum atomic E-state index is 14.9. The first kappa shape index (κ1) is 28.0. The van der Waals surface area contributed by atoms with Crippen molar-refractivity contribution in [3.8, 4) is 0 Å². The fourth-order valence-electron chi connectivity index (χ4n) is 7.16. The van der Waals surface area contributed by atoms with Gasteiger partial charge < -0.3 is 10.2 Å². The van der Waals surface area contributed by atoms with Crippen molar-refractivity contribution < 1.29 is 19.3 Å². The van der Waals surface area contributed by atoms with Gasteiger partial charge in [-0.15, -0.1) is 0 Å². The molecule has 10 heteroatoms. The van der Waals surface area contributed by atoms with Gasteiger partial charge in [0.1, 0.15) is 11.5 Å². The molecule has 44 heavy (non-hydrogen) atoms. The Morgan fingerprint density at radius 2 is 1.64 bits per heavy atom. The highest BCUT2D eigenvalue weighted by Gasteiger charge is 2.70. The lowest BCUT2D eigenvalue weighted by Gasteiger charge is -2.39. The van der Waals surface area contributed by atoms with E-state index in [2.05, 4.69) is 5.32 Å². The lowest BCUT2D eigenvalue weighted by molar-refractivity contribution is -0.384. The van der Waals surface area contributed by atoms with Gasteiger partial charge in [-0.25, -0.2) is 0 Å². The van der Waals surface area contributed by atoms with Gasteiger partial charge in [0.05, 0.1) is 21.9 Å². The van der Waals surface area contributed by atoms with Crippen LogP contribution >= 0.6 is 23.2 Å². The molecule has 0 aliphatic carbocycles. The molecule has 0 unspecified atom stereocenters. The van der Waals surface area contributed by atoms with Crippen molar-refractivity contribution in [2.24, 2.45) is 5.92 Å². The molecule has 3 aliphatic rings. The van der Waals surface area contributed by atoms with E-state index < -0.39 is 45.8 Å². The van der Waals surface area contributed by atoms with Crippen molar-refractivity contribution in [2.75, 3.05) is 10.2 Å². The molecule has 0 saturated carbocycles. The number of halogens is 2. The maximum absolute atomic E-state index is 14.9. The number of nitro groups is 1. The molecular formula is C34H23Cl2N3O5. The molecule has 4 aromatic carbocycles. The van der Waals surface area contributed by atoms with Crippen LogP contribution in [0.1, 0.15) is 38.8 Å². The molecule has 0 radical (unpaired) electrons. The lowest BCUT2D eigenvalue weighted by Crippen LogP contribution is -2.51. The molecule has 0 bridgehead atoms. The summed E-state index contributed by atoms with van der Waals surface area (Å²) in [5.74, 6) is -2.59. The zero-order valence-corrected chi connectivity index (χ0v) is 24.7. The predicted molar refractivity (Wildman–Crippen MR) is 169 cm³/mol. The number of nitro benzene ring substituents is 1. The Labute approximate surface area is 262 Å². The number of para-hydroxylation sites is 2. The van der Waals surface area contributed by atoms with E-state index in [1.807, 2.05) is 48.2 Å². The molecule has 218 valence electrons. The summed E-state index contributed by atoms with van der Waals surface area (Å²) in [5.41, 5.74) is 2.24. The van der Waals surface area contributed by atoms with Gasteiger partial charge in [-0.1, -0.05) is 65.7 Å². The smallest absolute Gasteiger partial charge is 0.269 e. The SMILES string of the molecule is CC1=C[C@H]2N(c3ccccc31)[C@H](C(=O)c1ccc([N+](=O)[O-])cc1)[C@@H](C(=O)c1ccc(Cl)cc1Cl)[C@]21C(=O)Nc2ccccc21. The van der Waals surface area contributed by atoms with Crippen molar-refractivity contribution in [3.63, 3.8) is 0 Å². The van der Waals surface area contributed by atoms with E-state index in [1.54, 1.807) is 24.3 Å². The van der Waals surface area contributed by atoms with Gasteiger partial charge in [-0.2, -0.15) is 0 Å². The number of ketones is 2. The lowest BCUT2D eigenvalue weighted by atomic mass is 9.64. The molecule has 1 saturated heterocycles. The number of rotatable bonds is 5. The minimum absolute atomic E-state index is 0.0999. The third kappa shape index (κ3) is 3.87. The number of carbonyl (C=O) groups is 3. The number of nitrogens with zero attached hydrogens (tertiary/aromatic N) is 2. The summed E-state index contributed by atoms with van der Waals surface area (Å²) in [6.07, 6.45) is 1.96. The van der Waals surface area contributed by atoms with Crippen LogP contribution in [0, 0.1) is 16.0 Å². The van der Waals surface area contributed by atoms with E-state index >= 15 is 0 Å². The second-order valence-electron chi connectivity index (χ2n) is 11.2. The molecular weight excluding hydrogens is 601 g/mol. The standard InChI is InChI=1S/C34H23Cl2N3O5/c1-18-16-28-34(24-7-3-4-8-26(24)37-33(34)42)29(32(41)23-15-12-20(35)17-25(23)36)30(38(28)27-9-5-2-6-22(18)27)31(40)19-10-13-21(14-11-19)39(43)44/h2-17,28-30H,1H3,(H,37,42)/t28-,29+,30+,34-/m1/s1. The van der Waals surface area contributed by atoms with Crippen LogP contribution in [0.2, 0.25) is 10.0 Å². The summed E-state index contributed by atoms with van der Waals surface area (Å²) in [5, 5.41) is 14.8. The largest absolute Gasteiger partial charge is 0.352 e. The predicted octanol–water partition coefficient (Wildman–Crippen LogP) is 7.15. The third-order valence-electron chi connectivity index (χ3n) is 8.99. The van der Waals surface area contributed by atoms with Gasteiger partial charge >= 0.3 is 0 Å². The van der Waals surface area contributed by atoms with E-state index in [4.69, 9.17) is 23.2 Å². The van der Waals surface area contributed by atoms with E-state index in [9.17, 15) is 24.5 Å². The molecule has 8 nitrogen and oxygen atoms in total. The Bertz CT molecular complexity index is 1960. The Kier molecular flexibility index (Phi) is 6.46. The number of Topliss-reactive ketones (excluding diaryl/α,β-unsaturated/α-hetero) is 2. The summed E-state index contributed by atoms with van der Waals surface area (Å²) in [4.78, 5) is 56.8. The fraction of sp³-hybridized carbons (Fsp3) is 0.147. The zero-order chi connectivity index (χ0) is 30.9. The number of amides is 1. The molecule has 3 heterocycles. The molecule has 1 spiro atoms. The summed E-state index contributed by atoms with van der Waals surface area (Å²) in [6.45, 7) is 1.95. The summed E-state index contributed by atoms with van der Waals surface area (Å²) in [6, 6.07) is 22.7. The monoisotopic (exact) mass is 623 g/mol. The van der Waals surface area contributed by atoms with Crippen LogP contribution < -0.4 is 10.2 Å². The average molecular weight is 624 g/mol. The zero-order valence-electron chi connectivity index (χ0n) is 23.2. The second kappa shape index (κ2) is 10.1. The summed E-state index contributed by atoms with van der Waals surface area (Å²) >= 11 is 12.8. The van der Waals surface area contributed by atoms with Crippen molar-refractivity contribution in [2.45, 2.75) is 24.4 Å². The van der Waals surface area contributed by atoms with Gasteiger partial charge in [0, 0.05) is 45.2 Å². The molecule has 1 fully saturated rings. The number of hydrogen-bond donors (Lipinski definition) is 1. The Hall–Kier alpha value is -4.79. The minimum Gasteiger partial charge on any atom is -0.352 e. The molecule has 4 atom stereocenters.